The molecule has 0 bridgehead atoms. The number of amides is 1. The molecule has 0 unspecified atom stereocenters. The lowest BCUT2D eigenvalue weighted by Gasteiger charge is -2.14. The SMILES string of the molecule is COCc1nn2c(=O)cc(CSCC(=O)N3CCCC3)nc2s1. The van der Waals surface area contributed by atoms with Gasteiger partial charge in [-0.05, 0) is 12.8 Å². The molecule has 1 saturated heterocycles. The molecular formula is C14H18N4O3S2. The van der Waals surface area contributed by atoms with E-state index >= 15 is 0 Å². The molecule has 0 aromatic carbocycles. The molecule has 1 fully saturated rings. The van der Waals surface area contributed by atoms with Crippen molar-refractivity contribution in [1.82, 2.24) is 19.5 Å². The zero-order chi connectivity index (χ0) is 16.2. The van der Waals surface area contributed by atoms with E-state index in [0.29, 0.717) is 33.8 Å². The summed E-state index contributed by atoms with van der Waals surface area (Å²) in [4.78, 5) is 31.0. The smallest absolute Gasteiger partial charge is 0.275 e. The summed E-state index contributed by atoms with van der Waals surface area (Å²) in [6.45, 7) is 2.10. The molecule has 2 aromatic heterocycles. The fraction of sp³-hybridized carbons (Fsp3) is 0.571. The maximum absolute atomic E-state index is 12.1. The Hall–Kier alpha value is -1.45. The van der Waals surface area contributed by atoms with Gasteiger partial charge in [-0.1, -0.05) is 11.3 Å². The van der Waals surface area contributed by atoms with Crippen LogP contribution in [0.25, 0.3) is 4.96 Å². The van der Waals surface area contributed by atoms with E-state index in [2.05, 4.69) is 10.1 Å². The molecule has 0 aliphatic carbocycles. The van der Waals surface area contributed by atoms with E-state index in [1.165, 1.54) is 33.7 Å². The van der Waals surface area contributed by atoms with Crippen LogP contribution < -0.4 is 5.56 Å². The zero-order valence-corrected chi connectivity index (χ0v) is 14.5. The average Bonchev–Trinajstić information content (AvgIpc) is 3.16. The highest BCUT2D eigenvalue weighted by Gasteiger charge is 2.17. The number of carbonyl (C=O) groups excluding carboxylic acids is 1. The summed E-state index contributed by atoms with van der Waals surface area (Å²) in [5.41, 5.74) is 0.483. The van der Waals surface area contributed by atoms with E-state index in [1.54, 1.807) is 7.11 Å². The molecule has 3 rings (SSSR count). The summed E-state index contributed by atoms with van der Waals surface area (Å²) in [5.74, 6) is 1.15. The second-order valence-electron chi connectivity index (χ2n) is 5.29. The summed E-state index contributed by atoms with van der Waals surface area (Å²) in [6.07, 6.45) is 2.20. The number of hydrogen-bond donors (Lipinski definition) is 0. The lowest BCUT2D eigenvalue weighted by Crippen LogP contribution is -2.29. The summed E-state index contributed by atoms with van der Waals surface area (Å²) in [5, 5.41) is 4.89. The van der Waals surface area contributed by atoms with Crippen molar-refractivity contribution in [2.75, 3.05) is 26.0 Å². The Morgan fingerprint density at radius 2 is 2.22 bits per heavy atom. The van der Waals surface area contributed by atoms with E-state index in [0.717, 1.165) is 25.9 Å². The van der Waals surface area contributed by atoms with Crippen LogP contribution >= 0.6 is 23.1 Å². The minimum absolute atomic E-state index is 0.172. The van der Waals surface area contributed by atoms with Crippen LogP contribution in [0.4, 0.5) is 0 Å². The van der Waals surface area contributed by atoms with Gasteiger partial charge in [0.25, 0.3) is 5.56 Å². The van der Waals surface area contributed by atoms with E-state index < -0.39 is 0 Å². The third-order valence-corrected chi connectivity index (χ3v) is 5.37. The maximum Gasteiger partial charge on any atom is 0.275 e. The molecule has 0 saturated carbocycles. The van der Waals surface area contributed by atoms with E-state index in [9.17, 15) is 9.59 Å². The van der Waals surface area contributed by atoms with Crippen LogP contribution in [0.2, 0.25) is 0 Å². The third-order valence-electron chi connectivity index (χ3n) is 3.54. The lowest BCUT2D eigenvalue weighted by atomic mass is 10.4. The summed E-state index contributed by atoms with van der Waals surface area (Å²) in [7, 11) is 1.59. The van der Waals surface area contributed by atoms with Gasteiger partial charge in [-0.25, -0.2) is 4.98 Å². The normalized spacial score (nSPS) is 14.7. The van der Waals surface area contributed by atoms with Gasteiger partial charge in [-0.15, -0.1) is 11.8 Å². The molecule has 1 amide bonds. The largest absolute Gasteiger partial charge is 0.377 e. The molecule has 0 atom stereocenters. The summed E-state index contributed by atoms with van der Waals surface area (Å²) >= 11 is 2.83. The minimum atomic E-state index is -0.199. The number of rotatable bonds is 6. The Balaban J connectivity index is 1.63. The van der Waals surface area contributed by atoms with Gasteiger partial charge in [0, 0.05) is 32.0 Å². The Morgan fingerprint density at radius 3 is 2.96 bits per heavy atom. The highest BCUT2D eigenvalue weighted by atomic mass is 32.2. The van der Waals surface area contributed by atoms with Gasteiger partial charge in [0.05, 0.1) is 18.1 Å². The number of carbonyl (C=O) groups is 1. The molecule has 23 heavy (non-hydrogen) atoms. The molecule has 0 radical (unpaired) electrons. The Labute approximate surface area is 141 Å². The highest BCUT2D eigenvalue weighted by molar-refractivity contribution is 7.99. The topological polar surface area (TPSA) is 76.8 Å². The maximum atomic E-state index is 12.1. The quantitative estimate of drug-likeness (QED) is 0.775. The van der Waals surface area contributed by atoms with Crippen LogP contribution in [-0.2, 0) is 21.9 Å². The number of thioether (sulfide) groups is 1. The molecule has 1 aliphatic rings. The highest BCUT2D eigenvalue weighted by Crippen LogP contribution is 2.16. The van der Waals surface area contributed by atoms with Gasteiger partial charge in [0.1, 0.15) is 5.01 Å². The Bertz CT molecular complexity index is 752. The first-order chi connectivity index (χ1) is 11.2. The van der Waals surface area contributed by atoms with Crippen LogP contribution in [0, 0.1) is 0 Å². The molecule has 9 heteroatoms. The molecule has 7 nitrogen and oxygen atoms in total. The predicted molar refractivity (Wildman–Crippen MR) is 89.8 cm³/mol. The standard InChI is InChI=1S/C14H18N4O3S2/c1-21-7-11-16-18-12(19)6-10(15-14(18)23-11)8-22-9-13(20)17-4-2-3-5-17/h6H,2-5,7-9H2,1H3. The second-order valence-corrected chi connectivity index (χ2v) is 7.32. The number of likely N-dealkylation sites (tertiary alicyclic amines) is 1. The van der Waals surface area contributed by atoms with Crippen LogP contribution in [0.1, 0.15) is 23.5 Å². The number of aromatic nitrogens is 3. The van der Waals surface area contributed by atoms with Crippen molar-refractivity contribution >= 4 is 34.0 Å². The van der Waals surface area contributed by atoms with Gasteiger partial charge in [-0.2, -0.15) is 9.61 Å². The number of ether oxygens (including phenoxy) is 1. The number of fused-ring (bicyclic) bond motifs is 1. The fourth-order valence-electron chi connectivity index (χ4n) is 2.45. The summed E-state index contributed by atoms with van der Waals surface area (Å²) < 4.78 is 6.32. The van der Waals surface area contributed by atoms with Crippen molar-refractivity contribution in [3.63, 3.8) is 0 Å². The Kier molecular flexibility index (Phi) is 5.29. The van der Waals surface area contributed by atoms with Crippen molar-refractivity contribution in [2.45, 2.75) is 25.2 Å². The monoisotopic (exact) mass is 354 g/mol. The van der Waals surface area contributed by atoms with Crippen molar-refractivity contribution in [2.24, 2.45) is 0 Å². The Morgan fingerprint density at radius 1 is 1.43 bits per heavy atom. The van der Waals surface area contributed by atoms with Crippen molar-refractivity contribution in [3.05, 3.63) is 27.1 Å². The van der Waals surface area contributed by atoms with Crippen LogP contribution in [0.5, 0.6) is 0 Å². The number of hydrogen-bond acceptors (Lipinski definition) is 7. The molecule has 1 aliphatic heterocycles. The average molecular weight is 354 g/mol. The van der Waals surface area contributed by atoms with Gasteiger partial charge in [0.2, 0.25) is 10.9 Å². The lowest BCUT2D eigenvalue weighted by molar-refractivity contribution is -0.127. The van der Waals surface area contributed by atoms with Gasteiger partial charge in [0.15, 0.2) is 0 Å². The van der Waals surface area contributed by atoms with Crippen LogP contribution in [-0.4, -0.2) is 51.4 Å². The van der Waals surface area contributed by atoms with E-state index in [4.69, 9.17) is 4.74 Å². The zero-order valence-electron chi connectivity index (χ0n) is 12.9. The van der Waals surface area contributed by atoms with Crippen LogP contribution in [0.15, 0.2) is 10.9 Å². The molecule has 3 heterocycles. The van der Waals surface area contributed by atoms with Crippen LogP contribution in [0.3, 0.4) is 0 Å². The predicted octanol–water partition coefficient (Wildman–Crippen LogP) is 1.15. The fourth-order valence-corrected chi connectivity index (χ4v) is 4.16. The number of methoxy groups -OCH3 is 1. The molecule has 0 N–H and O–H groups in total. The van der Waals surface area contributed by atoms with Crippen molar-refractivity contribution in [1.29, 1.82) is 0 Å². The van der Waals surface area contributed by atoms with Gasteiger partial charge < -0.3 is 9.64 Å². The van der Waals surface area contributed by atoms with Gasteiger partial charge in [-0.3, -0.25) is 9.59 Å². The second kappa shape index (κ2) is 7.41. The molecular weight excluding hydrogens is 336 g/mol. The first-order valence-corrected chi connectivity index (χ1v) is 9.37. The third kappa shape index (κ3) is 3.91. The van der Waals surface area contributed by atoms with Crippen molar-refractivity contribution < 1.29 is 9.53 Å². The first kappa shape index (κ1) is 16.4. The van der Waals surface area contributed by atoms with Crippen molar-refractivity contribution in [3.8, 4) is 0 Å². The summed E-state index contributed by atoms with van der Waals surface area (Å²) in [6, 6.07) is 1.48. The number of nitrogens with zero attached hydrogens (tertiary/aromatic N) is 4. The molecule has 2 aromatic rings. The molecule has 0 spiro atoms. The minimum Gasteiger partial charge on any atom is -0.377 e. The van der Waals surface area contributed by atoms with E-state index in [1.807, 2.05) is 4.90 Å². The van der Waals surface area contributed by atoms with E-state index in [-0.39, 0.29) is 11.5 Å². The molecule has 124 valence electrons. The van der Waals surface area contributed by atoms with Gasteiger partial charge >= 0.3 is 0 Å². The first-order valence-electron chi connectivity index (χ1n) is 7.40.